The van der Waals surface area contributed by atoms with E-state index >= 15 is 0 Å². The lowest BCUT2D eigenvalue weighted by molar-refractivity contribution is 0.448. The van der Waals surface area contributed by atoms with Crippen molar-refractivity contribution in [2.24, 2.45) is 0 Å². The maximum Gasteiger partial charge on any atom is 0.0465 e. The first-order valence-electron chi connectivity index (χ1n) is 4.95. The Bertz CT molecular complexity index is 628. The lowest BCUT2D eigenvalue weighted by atomic mass is 10.1. The molecule has 1 aliphatic heterocycles. The summed E-state index contributed by atoms with van der Waals surface area (Å²) in [6.07, 6.45) is 0. The SMILES string of the molecule is Nc1cc2c(cc1Br)S([O-])([O-])c1ccccc1-2. The fourth-order valence-corrected chi connectivity index (χ4v) is 4.23. The van der Waals surface area contributed by atoms with Gasteiger partial charge in [0.2, 0.25) is 0 Å². The third-order valence-corrected chi connectivity index (χ3v) is 5.39. The van der Waals surface area contributed by atoms with Gasteiger partial charge in [-0.25, -0.2) is 0 Å². The Kier molecular flexibility index (Phi) is 2.28. The van der Waals surface area contributed by atoms with Gasteiger partial charge < -0.3 is 25.4 Å². The summed E-state index contributed by atoms with van der Waals surface area (Å²) in [6.45, 7) is 0. The van der Waals surface area contributed by atoms with Gasteiger partial charge in [-0.3, -0.25) is 0 Å². The van der Waals surface area contributed by atoms with Gasteiger partial charge in [0.15, 0.2) is 0 Å². The van der Waals surface area contributed by atoms with Crippen LogP contribution in [0, 0.1) is 0 Å². The summed E-state index contributed by atoms with van der Waals surface area (Å²) in [5.74, 6) is 0. The monoisotopic (exact) mass is 309 g/mol. The predicted molar refractivity (Wildman–Crippen MR) is 69.7 cm³/mol. The van der Waals surface area contributed by atoms with Crippen LogP contribution >= 0.6 is 26.5 Å². The van der Waals surface area contributed by atoms with Crippen molar-refractivity contribution >= 4 is 32.2 Å². The van der Waals surface area contributed by atoms with Crippen LogP contribution in [0.1, 0.15) is 0 Å². The largest absolute Gasteiger partial charge is 0.792 e. The van der Waals surface area contributed by atoms with Crippen LogP contribution in [-0.2, 0) is 0 Å². The van der Waals surface area contributed by atoms with Gasteiger partial charge in [-0.05, 0) is 34.1 Å². The van der Waals surface area contributed by atoms with Crippen LogP contribution in [-0.4, -0.2) is 9.11 Å². The summed E-state index contributed by atoms with van der Waals surface area (Å²) in [5, 5.41) is 0. The van der Waals surface area contributed by atoms with Crippen molar-refractivity contribution in [2.45, 2.75) is 9.79 Å². The number of sulfone groups is 1. The highest BCUT2D eigenvalue weighted by Gasteiger charge is 2.22. The Labute approximate surface area is 109 Å². The molecule has 2 aromatic carbocycles. The number of anilines is 1. The Hall–Kier alpha value is -1.01. The minimum absolute atomic E-state index is 0.319. The van der Waals surface area contributed by atoms with Crippen molar-refractivity contribution in [1.82, 2.24) is 0 Å². The Morgan fingerprint density at radius 1 is 1.00 bits per heavy atom. The van der Waals surface area contributed by atoms with E-state index in [9.17, 15) is 9.11 Å². The summed E-state index contributed by atoms with van der Waals surface area (Å²) in [5.41, 5.74) is 7.74. The van der Waals surface area contributed by atoms with Crippen LogP contribution in [0.3, 0.4) is 0 Å². The molecule has 3 nitrogen and oxygen atoms in total. The average Bonchev–Trinajstić information content (AvgIpc) is 2.51. The van der Waals surface area contributed by atoms with Crippen molar-refractivity contribution in [1.29, 1.82) is 0 Å². The lowest BCUT2D eigenvalue weighted by Gasteiger charge is -2.57. The van der Waals surface area contributed by atoms with Crippen molar-refractivity contribution in [2.75, 3.05) is 5.73 Å². The molecule has 0 aromatic heterocycles. The standard InChI is InChI=1S/C12H10BrNO2S/c13-9-6-12-8(5-10(9)14)7-3-1-2-4-11(7)17(12,15)16/h1-6,15-16H,14H2/p-2. The van der Waals surface area contributed by atoms with Crippen LogP contribution in [0.4, 0.5) is 5.69 Å². The zero-order valence-corrected chi connectivity index (χ0v) is 11.0. The molecule has 0 amide bonds. The Balaban J connectivity index is 2.40. The van der Waals surface area contributed by atoms with Gasteiger partial charge in [0.25, 0.3) is 0 Å². The summed E-state index contributed by atoms with van der Waals surface area (Å²) in [6, 6.07) is 10.2. The highest BCUT2D eigenvalue weighted by molar-refractivity contribution is 9.10. The molecule has 0 radical (unpaired) electrons. The zero-order valence-electron chi connectivity index (χ0n) is 8.64. The fourth-order valence-electron chi connectivity index (χ4n) is 2.05. The number of hydrogen-bond donors (Lipinski definition) is 1. The Morgan fingerprint density at radius 2 is 1.71 bits per heavy atom. The Morgan fingerprint density at radius 3 is 2.47 bits per heavy atom. The first kappa shape index (κ1) is 11.1. The molecule has 1 aliphatic rings. The van der Waals surface area contributed by atoms with E-state index in [1.165, 1.54) is 0 Å². The number of rotatable bonds is 0. The topological polar surface area (TPSA) is 72.1 Å². The summed E-state index contributed by atoms with van der Waals surface area (Å²) < 4.78 is 25.2. The first-order chi connectivity index (χ1) is 8.01. The smallest absolute Gasteiger partial charge is 0.0465 e. The molecule has 0 spiro atoms. The van der Waals surface area contributed by atoms with E-state index in [1.807, 2.05) is 6.07 Å². The maximum absolute atomic E-state index is 12.3. The van der Waals surface area contributed by atoms with Crippen molar-refractivity contribution in [3.05, 3.63) is 40.9 Å². The van der Waals surface area contributed by atoms with E-state index in [4.69, 9.17) is 5.73 Å². The number of halogens is 1. The molecule has 2 N–H and O–H groups in total. The molecule has 0 aliphatic carbocycles. The number of nitrogen functional groups attached to an aromatic ring is 1. The third kappa shape index (κ3) is 1.43. The maximum atomic E-state index is 12.3. The van der Waals surface area contributed by atoms with Crippen LogP contribution in [0.15, 0.2) is 50.7 Å². The first-order valence-corrected chi connectivity index (χ1v) is 7.23. The molecule has 2 aromatic rings. The number of hydrogen-bond acceptors (Lipinski definition) is 3. The number of nitrogens with two attached hydrogens (primary N) is 1. The summed E-state index contributed by atoms with van der Waals surface area (Å²) >= 11 is 3.26. The van der Waals surface area contributed by atoms with Gasteiger partial charge in [-0.15, -0.1) is 0 Å². The van der Waals surface area contributed by atoms with Crippen LogP contribution in [0.5, 0.6) is 0 Å². The molecule has 1 heterocycles. The molecule has 17 heavy (non-hydrogen) atoms. The van der Waals surface area contributed by atoms with Crippen LogP contribution in [0.2, 0.25) is 0 Å². The van der Waals surface area contributed by atoms with E-state index in [1.54, 1.807) is 30.3 Å². The molecule has 88 valence electrons. The fraction of sp³-hybridized carbons (Fsp3) is 0. The van der Waals surface area contributed by atoms with Gasteiger partial charge in [0.05, 0.1) is 0 Å². The second-order valence-corrected chi connectivity index (χ2v) is 6.61. The van der Waals surface area contributed by atoms with Gasteiger partial charge in [0, 0.05) is 31.1 Å². The average molecular weight is 310 g/mol. The number of benzene rings is 2. The van der Waals surface area contributed by atoms with Crippen LogP contribution < -0.4 is 5.73 Å². The normalized spacial score (nSPS) is 17.4. The molecule has 3 rings (SSSR count). The molecular formula is C12H8BrNO2S-2. The van der Waals surface area contributed by atoms with Gasteiger partial charge in [-0.2, -0.15) is 0 Å². The second-order valence-electron chi connectivity index (χ2n) is 3.87. The molecule has 0 fully saturated rings. The lowest BCUT2D eigenvalue weighted by Crippen LogP contribution is -1.96. The zero-order chi connectivity index (χ0) is 12.2. The number of fused-ring (bicyclic) bond motifs is 3. The second kappa shape index (κ2) is 3.49. The quantitative estimate of drug-likeness (QED) is 0.757. The molecule has 0 saturated heterocycles. The molecule has 5 heteroatoms. The molecule has 0 atom stereocenters. The minimum Gasteiger partial charge on any atom is -0.792 e. The van der Waals surface area contributed by atoms with Crippen molar-refractivity contribution < 1.29 is 9.11 Å². The van der Waals surface area contributed by atoms with Crippen molar-refractivity contribution in [3.8, 4) is 11.1 Å². The van der Waals surface area contributed by atoms with E-state index in [0.29, 0.717) is 25.5 Å². The van der Waals surface area contributed by atoms with E-state index in [0.717, 1.165) is 5.56 Å². The van der Waals surface area contributed by atoms with Crippen LogP contribution in [0.25, 0.3) is 11.1 Å². The highest BCUT2D eigenvalue weighted by Crippen LogP contribution is 2.66. The van der Waals surface area contributed by atoms with Crippen molar-refractivity contribution in [3.63, 3.8) is 0 Å². The van der Waals surface area contributed by atoms with E-state index < -0.39 is 10.6 Å². The van der Waals surface area contributed by atoms with E-state index in [2.05, 4.69) is 15.9 Å². The molecule has 0 saturated carbocycles. The third-order valence-electron chi connectivity index (χ3n) is 2.86. The highest BCUT2D eigenvalue weighted by atomic mass is 79.9. The predicted octanol–water partition coefficient (Wildman–Crippen LogP) is 3.50. The molecule has 0 unspecified atom stereocenters. The van der Waals surface area contributed by atoms with Gasteiger partial charge >= 0.3 is 0 Å². The van der Waals surface area contributed by atoms with Gasteiger partial charge in [-0.1, -0.05) is 18.2 Å². The molecular weight excluding hydrogens is 302 g/mol. The minimum atomic E-state index is -3.39. The summed E-state index contributed by atoms with van der Waals surface area (Å²) in [4.78, 5) is 0.673. The summed E-state index contributed by atoms with van der Waals surface area (Å²) in [7, 11) is -3.39. The molecule has 0 bridgehead atoms. The van der Waals surface area contributed by atoms with Gasteiger partial charge in [0.1, 0.15) is 0 Å². The van der Waals surface area contributed by atoms with E-state index in [-0.39, 0.29) is 0 Å².